The Morgan fingerprint density at radius 2 is 2.14 bits per heavy atom. The van der Waals surface area contributed by atoms with E-state index >= 15 is 0 Å². The normalized spacial score (nSPS) is 11.0. The van der Waals surface area contributed by atoms with Crippen LogP contribution in [0.2, 0.25) is 0 Å². The van der Waals surface area contributed by atoms with Gasteiger partial charge in [-0.15, -0.1) is 0 Å². The zero-order chi connectivity index (χ0) is 15.0. The van der Waals surface area contributed by atoms with Gasteiger partial charge >= 0.3 is 0 Å². The number of nitrogens with zero attached hydrogens (tertiary/aromatic N) is 4. The van der Waals surface area contributed by atoms with Crippen LogP contribution in [0.3, 0.4) is 0 Å². The van der Waals surface area contributed by atoms with Crippen molar-refractivity contribution in [1.82, 2.24) is 30.1 Å². The number of aromatic amines is 1. The van der Waals surface area contributed by atoms with Crippen molar-refractivity contribution >= 4 is 11.6 Å². The van der Waals surface area contributed by atoms with Crippen LogP contribution in [0.25, 0.3) is 5.65 Å². The summed E-state index contributed by atoms with van der Waals surface area (Å²) in [7, 11) is 0. The molecular weight excluding hydrogens is 268 g/mol. The van der Waals surface area contributed by atoms with E-state index in [9.17, 15) is 4.79 Å². The second-order valence-electron chi connectivity index (χ2n) is 5.02. The highest BCUT2D eigenvalue weighted by atomic mass is 16.1. The Hall–Kier alpha value is -2.70. The number of nitrogens with one attached hydrogen (secondary N) is 2. The second kappa shape index (κ2) is 5.01. The van der Waals surface area contributed by atoms with Crippen molar-refractivity contribution in [3.05, 3.63) is 46.7 Å². The number of hydrogen-bond donors (Lipinski definition) is 2. The minimum Gasteiger partial charge on any atom is -0.348 e. The first-order valence-corrected chi connectivity index (χ1v) is 6.65. The van der Waals surface area contributed by atoms with Crippen molar-refractivity contribution in [2.24, 2.45) is 0 Å². The van der Waals surface area contributed by atoms with Gasteiger partial charge in [-0.25, -0.2) is 9.50 Å². The van der Waals surface area contributed by atoms with Crippen LogP contribution in [0, 0.1) is 20.8 Å². The summed E-state index contributed by atoms with van der Waals surface area (Å²) in [6.45, 7) is 6.10. The average Bonchev–Trinajstić information content (AvgIpc) is 3.02. The van der Waals surface area contributed by atoms with E-state index in [1.807, 2.05) is 26.8 Å². The summed E-state index contributed by atoms with van der Waals surface area (Å²) in [4.78, 5) is 16.6. The molecule has 3 aromatic heterocycles. The third kappa shape index (κ3) is 2.37. The highest BCUT2D eigenvalue weighted by molar-refractivity contribution is 5.95. The van der Waals surface area contributed by atoms with E-state index < -0.39 is 0 Å². The number of aryl methyl sites for hydroxylation is 3. The van der Waals surface area contributed by atoms with Crippen LogP contribution in [0.15, 0.2) is 18.5 Å². The van der Waals surface area contributed by atoms with Crippen molar-refractivity contribution in [2.45, 2.75) is 27.3 Å². The number of amides is 1. The van der Waals surface area contributed by atoms with Crippen molar-refractivity contribution < 1.29 is 4.79 Å². The molecule has 3 aromatic rings. The first-order chi connectivity index (χ1) is 10.1. The maximum absolute atomic E-state index is 12.3. The molecule has 2 N–H and O–H groups in total. The summed E-state index contributed by atoms with van der Waals surface area (Å²) in [5.74, 6) is -0.171. The second-order valence-corrected chi connectivity index (χ2v) is 5.02. The lowest BCUT2D eigenvalue weighted by molar-refractivity contribution is 0.0949. The summed E-state index contributed by atoms with van der Waals surface area (Å²) in [5, 5.41) is 14.0. The van der Waals surface area contributed by atoms with E-state index in [2.05, 4.69) is 25.6 Å². The van der Waals surface area contributed by atoms with Crippen molar-refractivity contribution in [3.63, 3.8) is 0 Å². The van der Waals surface area contributed by atoms with Gasteiger partial charge in [-0.2, -0.15) is 10.2 Å². The largest absolute Gasteiger partial charge is 0.348 e. The number of H-pyrrole nitrogens is 1. The minimum absolute atomic E-state index is 0.171. The third-order valence-corrected chi connectivity index (χ3v) is 3.46. The first-order valence-electron chi connectivity index (χ1n) is 6.65. The molecule has 0 atom stereocenters. The molecule has 0 bridgehead atoms. The zero-order valence-electron chi connectivity index (χ0n) is 12.1. The first kappa shape index (κ1) is 13.3. The quantitative estimate of drug-likeness (QED) is 0.759. The topological polar surface area (TPSA) is 88.0 Å². The van der Waals surface area contributed by atoms with Gasteiger partial charge in [0.1, 0.15) is 0 Å². The van der Waals surface area contributed by atoms with Crippen LogP contribution in [0.4, 0.5) is 0 Å². The molecule has 7 heteroatoms. The Balaban J connectivity index is 1.84. The summed E-state index contributed by atoms with van der Waals surface area (Å²) in [5.41, 5.74) is 4.82. The number of carbonyl (C=O) groups excluding carboxylic acids is 1. The molecule has 3 rings (SSSR count). The highest BCUT2D eigenvalue weighted by Crippen LogP contribution is 2.11. The number of hydrogen-bond acceptors (Lipinski definition) is 4. The molecule has 7 nitrogen and oxygen atoms in total. The fourth-order valence-corrected chi connectivity index (χ4v) is 2.21. The molecular formula is C14H16N6O. The molecule has 0 saturated heterocycles. The van der Waals surface area contributed by atoms with E-state index in [0.717, 1.165) is 28.3 Å². The number of aromatic nitrogens is 5. The standard InChI is InChI=1S/C14H16N6O/c1-8-4-13-15-7-12(10(3)20(13)19-8)14(21)16-5-11-6-17-18-9(11)2/h4,6-7H,5H2,1-3H3,(H,16,21)(H,17,18). The summed E-state index contributed by atoms with van der Waals surface area (Å²) >= 11 is 0. The zero-order valence-corrected chi connectivity index (χ0v) is 12.1. The van der Waals surface area contributed by atoms with Crippen LogP contribution in [0.1, 0.15) is 33.0 Å². The highest BCUT2D eigenvalue weighted by Gasteiger charge is 2.14. The number of fused-ring (bicyclic) bond motifs is 1. The fraction of sp³-hybridized carbons (Fsp3) is 0.286. The van der Waals surface area contributed by atoms with Crippen LogP contribution < -0.4 is 5.32 Å². The average molecular weight is 284 g/mol. The van der Waals surface area contributed by atoms with E-state index in [1.165, 1.54) is 0 Å². The van der Waals surface area contributed by atoms with Gasteiger partial charge in [0.25, 0.3) is 5.91 Å². The predicted molar refractivity (Wildman–Crippen MR) is 77.0 cm³/mol. The molecule has 0 aliphatic carbocycles. The number of rotatable bonds is 3. The predicted octanol–water partition coefficient (Wildman–Crippen LogP) is 1.31. The van der Waals surface area contributed by atoms with E-state index in [0.29, 0.717) is 12.1 Å². The lowest BCUT2D eigenvalue weighted by Gasteiger charge is -2.08. The molecule has 0 unspecified atom stereocenters. The third-order valence-electron chi connectivity index (χ3n) is 3.46. The van der Waals surface area contributed by atoms with Gasteiger partial charge in [0.15, 0.2) is 5.65 Å². The van der Waals surface area contributed by atoms with Gasteiger partial charge in [-0.3, -0.25) is 9.89 Å². The molecule has 0 radical (unpaired) electrons. The molecule has 0 aromatic carbocycles. The van der Waals surface area contributed by atoms with Crippen molar-refractivity contribution in [2.75, 3.05) is 0 Å². The SMILES string of the molecule is Cc1cc2ncc(C(=O)NCc3cn[nH]c3C)c(C)n2n1. The van der Waals surface area contributed by atoms with Gasteiger partial charge < -0.3 is 5.32 Å². The molecule has 0 aliphatic heterocycles. The van der Waals surface area contributed by atoms with Gasteiger partial charge in [0.05, 0.1) is 23.1 Å². The van der Waals surface area contributed by atoms with Gasteiger partial charge in [-0.05, 0) is 20.8 Å². The van der Waals surface area contributed by atoms with Crippen LogP contribution in [0.5, 0.6) is 0 Å². The maximum Gasteiger partial charge on any atom is 0.254 e. The molecule has 108 valence electrons. The minimum atomic E-state index is -0.171. The summed E-state index contributed by atoms with van der Waals surface area (Å²) in [6.07, 6.45) is 3.30. The maximum atomic E-state index is 12.3. The molecule has 0 aliphatic rings. The molecule has 0 saturated carbocycles. The molecule has 1 amide bonds. The van der Waals surface area contributed by atoms with E-state index in [4.69, 9.17) is 0 Å². The van der Waals surface area contributed by atoms with E-state index in [-0.39, 0.29) is 5.91 Å². The lowest BCUT2D eigenvalue weighted by Crippen LogP contribution is -2.25. The van der Waals surface area contributed by atoms with Crippen molar-refractivity contribution in [1.29, 1.82) is 0 Å². The molecule has 3 heterocycles. The van der Waals surface area contributed by atoms with Crippen LogP contribution in [-0.4, -0.2) is 30.7 Å². The van der Waals surface area contributed by atoms with Crippen molar-refractivity contribution in [3.8, 4) is 0 Å². The smallest absolute Gasteiger partial charge is 0.254 e. The van der Waals surface area contributed by atoms with E-state index in [1.54, 1.807) is 16.9 Å². The fourth-order valence-electron chi connectivity index (χ4n) is 2.21. The molecule has 0 spiro atoms. The molecule has 0 fully saturated rings. The molecule has 21 heavy (non-hydrogen) atoms. The van der Waals surface area contributed by atoms with Crippen LogP contribution >= 0.6 is 0 Å². The number of carbonyl (C=O) groups is 1. The Bertz CT molecular complexity index is 816. The monoisotopic (exact) mass is 284 g/mol. The Kier molecular flexibility index (Phi) is 3.17. The summed E-state index contributed by atoms with van der Waals surface area (Å²) < 4.78 is 1.69. The Morgan fingerprint density at radius 1 is 1.33 bits per heavy atom. The van der Waals surface area contributed by atoms with Gasteiger partial charge in [0, 0.05) is 30.1 Å². The van der Waals surface area contributed by atoms with Gasteiger partial charge in [-0.1, -0.05) is 0 Å². The Morgan fingerprint density at radius 3 is 2.86 bits per heavy atom. The summed E-state index contributed by atoms with van der Waals surface area (Å²) in [6, 6.07) is 1.88. The Labute approximate surface area is 121 Å². The van der Waals surface area contributed by atoms with Gasteiger partial charge in [0.2, 0.25) is 0 Å². The lowest BCUT2D eigenvalue weighted by atomic mass is 10.2. The van der Waals surface area contributed by atoms with Crippen LogP contribution in [-0.2, 0) is 6.54 Å².